The number of aryl methyl sites for hydroxylation is 1. The van der Waals surface area contributed by atoms with Crippen molar-refractivity contribution < 1.29 is 4.39 Å². The summed E-state index contributed by atoms with van der Waals surface area (Å²) in [5.41, 5.74) is 2.12. The highest BCUT2D eigenvalue weighted by Gasteiger charge is 2.22. The van der Waals surface area contributed by atoms with Gasteiger partial charge in [0, 0.05) is 5.38 Å². The SMILES string of the molecule is Cc1cc(F)cc(C2CCCC(Cl)C2)c1. The van der Waals surface area contributed by atoms with Crippen molar-refractivity contribution in [2.75, 3.05) is 0 Å². The van der Waals surface area contributed by atoms with E-state index >= 15 is 0 Å². The molecule has 1 aromatic rings. The van der Waals surface area contributed by atoms with Gasteiger partial charge in [-0.15, -0.1) is 11.6 Å². The van der Waals surface area contributed by atoms with Gasteiger partial charge in [-0.3, -0.25) is 0 Å². The highest BCUT2D eigenvalue weighted by atomic mass is 35.5. The Labute approximate surface area is 95.4 Å². The second-order valence-electron chi connectivity index (χ2n) is 4.52. The van der Waals surface area contributed by atoms with Crippen LogP contribution in [0.3, 0.4) is 0 Å². The summed E-state index contributed by atoms with van der Waals surface area (Å²) in [5.74, 6) is 0.331. The van der Waals surface area contributed by atoms with Gasteiger partial charge in [0.05, 0.1) is 0 Å². The van der Waals surface area contributed by atoms with Gasteiger partial charge in [0.1, 0.15) is 5.82 Å². The molecule has 0 bridgehead atoms. The molecule has 0 aromatic heterocycles. The monoisotopic (exact) mass is 226 g/mol. The van der Waals surface area contributed by atoms with Crippen LogP contribution in [-0.4, -0.2) is 5.38 Å². The molecule has 0 spiro atoms. The molecule has 0 aliphatic heterocycles. The van der Waals surface area contributed by atoms with Crippen LogP contribution in [0.25, 0.3) is 0 Å². The van der Waals surface area contributed by atoms with Crippen molar-refractivity contribution in [3.8, 4) is 0 Å². The molecule has 0 nitrogen and oxygen atoms in total. The summed E-state index contributed by atoms with van der Waals surface area (Å²) < 4.78 is 13.2. The molecule has 0 amide bonds. The molecule has 1 saturated carbocycles. The summed E-state index contributed by atoms with van der Waals surface area (Å²) in [7, 11) is 0. The lowest BCUT2D eigenvalue weighted by Crippen LogP contribution is -2.14. The van der Waals surface area contributed by atoms with E-state index in [1.54, 1.807) is 12.1 Å². The first-order valence-electron chi connectivity index (χ1n) is 5.56. The summed E-state index contributed by atoms with van der Waals surface area (Å²) in [6.45, 7) is 1.94. The summed E-state index contributed by atoms with van der Waals surface area (Å²) in [4.78, 5) is 0. The Balaban J connectivity index is 2.20. The summed E-state index contributed by atoms with van der Waals surface area (Å²) in [5, 5.41) is 0.271. The van der Waals surface area contributed by atoms with Crippen LogP contribution in [0, 0.1) is 12.7 Å². The lowest BCUT2D eigenvalue weighted by molar-refractivity contribution is 0.447. The van der Waals surface area contributed by atoms with Crippen LogP contribution in [0.15, 0.2) is 18.2 Å². The van der Waals surface area contributed by atoms with E-state index in [0.717, 1.165) is 36.8 Å². The van der Waals surface area contributed by atoms with Crippen LogP contribution in [0.1, 0.15) is 42.7 Å². The van der Waals surface area contributed by atoms with E-state index in [4.69, 9.17) is 11.6 Å². The van der Waals surface area contributed by atoms with E-state index < -0.39 is 0 Å². The maximum atomic E-state index is 13.2. The fourth-order valence-electron chi connectivity index (χ4n) is 2.43. The third-order valence-corrected chi connectivity index (χ3v) is 3.54. The molecule has 82 valence electrons. The number of rotatable bonds is 1. The number of alkyl halides is 1. The third-order valence-electron chi connectivity index (χ3n) is 3.15. The average molecular weight is 227 g/mol. The first-order chi connectivity index (χ1) is 7.15. The van der Waals surface area contributed by atoms with Gasteiger partial charge in [-0.2, -0.15) is 0 Å². The molecule has 2 unspecified atom stereocenters. The zero-order valence-corrected chi connectivity index (χ0v) is 9.73. The molecule has 1 aromatic carbocycles. The van der Waals surface area contributed by atoms with Crippen LogP contribution in [0.4, 0.5) is 4.39 Å². The number of benzene rings is 1. The first-order valence-corrected chi connectivity index (χ1v) is 6.00. The smallest absolute Gasteiger partial charge is 0.123 e. The fraction of sp³-hybridized carbons (Fsp3) is 0.538. The molecule has 1 aliphatic carbocycles. The van der Waals surface area contributed by atoms with E-state index in [9.17, 15) is 4.39 Å². The summed E-state index contributed by atoms with van der Waals surface area (Å²) in [6, 6.07) is 5.32. The van der Waals surface area contributed by atoms with Crippen molar-refractivity contribution in [2.24, 2.45) is 0 Å². The summed E-state index contributed by atoms with van der Waals surface area (Å²) >= 11 is 6.15. The van der Waals surface area contributed by atoms with Crippen molar-refractivity contribution >= 4 is 11.6 Å². The van der Waals surface area contributed by atoms with Gasteiger partial charge < -0.3 is 0 Å². The van der Waals surface area contributed by atoms with E-state index in [-0.39, 0.29) is 11.2 Å². The Kier molecular flexibility index (Phi) is 3.30. The van der Waals surface area contributed by atoms with E-state index in [0.29, 0.717) is 5.92 Å². The third kappa shape index (κ3) is 2.72. The van der Waals surface area contributed by atoms with Crippen LogP contribution in [0.2, 0.25) is 0 Å². The average Bonchev–Trinajstić information content (AvgIpc) is 2.16. The molecule has 1 fully saturated rings. The first kappa shape index (κ1) is 10.9. The van der Waals surface area contributed by atoms with Gasteiger partial charge in [-0.05, 0) is 55.4 Å². The maximum Gasteiger partial charge on any atom is 0.123 e. The standard InChI is InChI=1S/C13H16ClF/c1-9-5-11(8-13(15)6-9)10-3-2-4-12(14)7-10/h5-6,8,10,12H,2-4,7H2,1H3. The molecular formula is C13H16ClF. The highest BCUT2D eigenvalue weighted by Crippen LogP contribution is 2.35. The Bertz CT molecular complexity index is 328. The molecular weight excluding hydrogens is 211 g/mol. The number of hydrogen-bond donors (Lipinski definition) is 0. The lowest BCUT2D eigenvalue weighted by atomic mass is 9.83. The van der Waals surface area contributed by atoms with Crippen LogP contribution in [-0.2, 0) is 0 Å². The van der Waals surface area contributed by atoms with Gasteiger partial charge in [0.2, 0.25) is 0 Å². The normalized spacial score (nSPS) is 26.6. The minimum atomic E-state index is -0.123. The molecule has 1 aliphatic rings. The number of halogens is 2. The molecule has 2 atom stereocenters. The molecule has 2 rings (SSSR count). The molecule has 15 heavy (non-hydrogen) atoms. The lowest BCUT2D eigenvalue weighted by Gasteiger charge is -2.26. The molecule has 2 heteroatoms. The van der Waals surface area contributed by atoms with Gasteiger partial charge in [0.15, 0.2) is 0 Å². The second kappa shape index (κ2) is 4.52. The topological polar surface area (TPSA) is 0 Å². The predicted molar refractivity (Wildman–Crippen MR) is 62.0 cm³/mol. The van der Waals surface area contributed by atoms with Crippen molar-refractivity contribution in [2.45, 2.75) is 43.9 Å². The second-order valence-corrected chi connectivity index (χ2v) is 5.14. The largest absolute Gasteiger partial charge is 0.207 e. The van der Waals surface area contributed by atoms with Gasteiger partial charge in [-0.1, -0.05) is 12.5 Å². The van der Waals surface area contributed by atoms with Crippen LogP contribution < -0.4 is 0 Å². The quantitative estimate of drug-likeness (QED) is 0.623. The summed E-state index contributed by atoms with van der Waals surface area (Å²) in [6.07, 6.45) is 4.40. The van der Waals surface area contributed by atoms with Crippen LogP contribution in [0.5, 0.6) is 0 Å². The van der Waals surface area contributed by atoms with Crippen molar-refractivity contribution in [3.05, 3.63) is 35.1 Å². The Morgan fingerprint density at radius 1 is 1.27 bits per heavy atom. The molecule has 0 saturated heterocycles. The van der Waals surface area contributed by atoms with Crippen molar-refractivity contribution in [3.63, 3.8) is 0 Å². The van der Waals surface area contributed by atoms with Crippen molar-refractivity contribution in [1.82, 2.24) is 0 Å². The Morgan fingerprint density at radius 2 is 2.07 bits per heavy atom. The molecule has 0 N–H and O–H groups in total. The number of hydrogen-bond acceptors (Lipinski definition) is 0. The fourth-order valence-corrected chi connectivity index (χ4v) is 2.80. The van der Waals surface area contributed by atoms with Crippen LogP contribution >= 0.6 is 11.6 Å². The van der Waals surface area contributed by atoms with Gasteiger partial charge in [0.25, 0.3) is 0 Å². The highest BCUT2D eigenvalue weighted by molar-refractivity contribution is 6.20. The Morgan fingerprint density at radius 3 is 2.73 bits per heavy atom. The predicted octanol–water partition coefficient (Wildman–Crippen LogP) is 4.40. The van der Waals surface area contributed by atoms with Crippen molar-refractivity contribution in [1.29, 1.82) is 0 Å². The molecule has 0 heterocycles. The van der Waals surface area contributed by atoms with E-state index in [2.05, 4.69) is 6.07 Å². The zero-order chi connectivity index (χ0) is 10.8. The van der Waals surface area contributed by atoms with Gasteiger partial charge >= 0.3 is 0 Å². The molecule has 0 radical (unpaired) electrons. The van der Waals surface area contributed by atoms with E-state index in [1.807, 2.05) is 6.92 Å². The zero-order valence-electron chi connectivity index (χ0n) is 8.97. The van der Waals surface area contributed by atoms with E-state index in [1.165, 1.54) is 0 Å². The minimum absolute atomic E-state index is 0.123. The maximum absolute atomic E-state index is 13.2. The Hall–Kier alpha value is -0.560. The minimum Gasteiger partial charge on any atom is -0.207 e. The van der Waals surface area contributed by atoms with Gasteiger partial charge in [-0.25, -0.2) is 4.39 Å².